The lowest BCUT2D eigenvalue weighted by atomic mass is 10.1. The number of carbonyl (C=O) groups is 1. The number of aromatic hydroxyl groups is 1. The molecule has 12 heteroatoms. The summed E-state index contributed by atoms with van der Waals surface area (Å²) in [7, 11) is -0.785. The van der Waals surface area contributed by atoms with Crippen molar-refractivity contribution < 1.29 is 27.8 Å². The molecule has 0 unspecified atom stereocenters. The van der Waals surface area contributed by atoms with E-state index in [1.54, 1.807) is 18.2 Å². The molecule has 170 valence electrons. The Hall–Kier alpha value is -3.74. The first-order chi connectivity index (χ1) is 15.7. The maximum absolute atomic E-state index is 12.5. The zero-order chi connectivity index (χ0) is 23.8. The van der Waals surface area contributed by atoms with Gasteiger partial charge in [0, 0.05) is 22.5 Å². The lowest BCUT2D eigenvalue weighted by molar-refractivity contribution is -0.114. The fourth-order valence-electron chi connectivity index (χ4n) is 3.07. The van der Waals surface area contributed by atoms with Crippen LogP contribution >= 0.6 is 11.3 Å². The van der Waals surface area contributed by atoms with E-state index in [0.29, 0.717) is 37.8 Å². The molecule has 0 atom stereocenters. The van der Waals surface area contributed by atoms with Crippen LogP contribution in [0.15, 0.2) is 51.9 Å². The summed E-state index contributed by atoms with van der Waals surface area (Å²) < 4.78 is 33.3. The summed E-state index contributed by atoms with van der Waals surface area (Å²) in [6, 6.07) is 9.08. The minimum absolute atomic E-state index is 0.0231. The van der Waals surface area contributed by atoms with Gasteiger partial charge in [0.2, 0.25) is 15.9 Å². The molecule has 1 aromatic heterocycles. The van der Waals surface area contributed by atoms with Crippen molar-refractivity contribution in [1.29, 1.82) is 0 Å². The van der Waals surface area contributed by atoms with E-state index in [2.05, 4.69) is 15.3 Å². The summed E-state index contributed by atoms with van der Waals surface area (Å²) in [5.41, 5.74) is 0.804. The number of sulfonamides is 1. The van der Waals surface area contributed by atoms with Crippen LogP contribution < -0.4 is 30.5 Å². The largest absolute Gasteiger partial charge is 0.493 e. The smallest absolute Gasteiger partial charge is 0.277 e. The van der Waals surface area contributed by atoms with Crippen LogP contribution in [0, 0.1) is 0 Å². The number of aromatic nitrogens is 1. The molecule has 0 bridgehead atoms. The minimum atomic E-state index is -3.79. The molecule has 3 aromatic rings. The zero-order valence-electron chi connectivity index (χ0n) is 17.4. The van der Waals surface area contributed by atoms with Crippen LogP contribution in [-0.2, 0) is 14.8 Å². The summed E-state index contributed by atoms with van der Waals surface area (Å²) >= 11 is 1.10. The van der Waals surface area contributed by atoms with E-state index in [9.17, 15) is 18.3 Å². The molecule has 4 rings (SSSR count). The molecular weight excluding hydrogens is 468 g/mol. The Kier molecular flexibility index (Phi) is 5.89. The molecule has 33 heavy (non-hydrogen) atoms. The van der Waals surface area contributed by atoms with Gasteiger partial charge in [-0.3, -0.25) is 4.79 Å². The van der Waals surface area contributed by atoms with Crippen molar-refractivity contribution in [2.75, 3.05) is 19.5 Å². The van der Waals surface area contributed by atoms with E-state index in [1.165, 1.54) is 44.6 Å². The van der Waals surface area contributed by atoms with Gasteiger partial charge < -0.3 is 19.9 Å². The number of ether oxygens (including phenoxy) is 2. The summed E-state index contributed by atoms with van der Waals surface area (Å²) in [6.45, 7) is 0. The van der Waals surface area contributed by atoms with Crippen molar-refractivity contribution in [2.45, 2.75) is 4.90 Å². The predicted octanol–water partition coefficient (Wildman–Crippen LogP) is 1.28. The molecule has 0 saturated heterocycles. The number of rotatable bonds is 6. The van der Waals surface area contributed by atoms with E-state index >= 15 is 0 Å². The van der Waals surface area contributed by atoms with Crippen molar-refractivity contribution in [1.82, 2.24) is 4.98 Å². The van der Waals surface area contributed by atoms with Crippen LogP contribution in [0.25, 0.3) is 12.2 Å². The molecule has 1 aliphatic rings. The minimum Gasteiger partial charge on any atom is -0.493 e. The van der Waals surface area contributed by atoms with Gasteiger partial charge in [-0.1, -0.05) is 11.3 Å². The van der Waals surface area contributed by atoms with Crippen LogP contribution in [-0.4, -0.2) is 38.6 Å². The average Bonchev–Trinajstić information content (AvgIpc) is 3.11. The topological polar surface area (TPSA) is 153 Å². The molecule has 2 aromatic carbocycles. The summed E-state index contributed by atoms with van der Waals surface area (Å²) in [4.78, 5) is 21.0. The predicted molar refractivity (Wildman–Crippen MR) is 123 cm³/mol. The number of nitrogens with one attached hydrogen (secondary N) is 1. The second-order valence-corrected chi connectivity index (χ2v) is 9.42. The SMILES string of the molecule is COc1cc2c(cc1OC)=NC(=O)/C(=C\c1sc(Nc3ccc(S(N)(=O)=O)cc3)nc1O)C=2. The Morgan fingerprint density at radius 1 is 1.12 bits per heavy atom. The van der Waals surface area contributed by atoms with E-state index in [0.717, 1.165) is 11.3 Å². The van der Waals surface area contributed by atoms with E-state index in [1.807, 2.05) is 0 Å². The van der Waals surface area contributed by atoms with Crippen LogP contribution in [0.2, 0.25) is 0 Å². The monoisotopic (exact) mass is 486 g/mol. The average molecular weight is 487 g/mol. The Bertz CT molecular complexity index is 1510. The van der Waals surface area contributed by atoms with Crippen molar-refractivity contribution in [3.05, 3.63) is 57.4 Å². The number of fused-ring (bicyclic) bond motifs is 1. The van der Waals surface area contributed by atoms with Gasteiger partial charge in [-0.25, -0.2) is 18.5 Å². The highest BCUT2D eigenvalue weighted by atomic mass is 32.2. The van der Waals surface area contributed by atoms with E-state index < -0.39 is 15.9 Å². The first-order valence-corrected chi connectivity index (χ1v) is 11.7. The number of methoxy groups -OCH3 is 2. The highest BCUT2D eigenvalue weighted by Gasteiger charge is 2.16. The molecule has 1 aliphatic heterocycles. The maximum Gasteiger partial charge on any atom is 0.277 e. The number of thiazole rings is 1. The van der Waals surface area contributed by atoms with Gasteiger partial charge in [-0.2, -0.15) is 4.98 Å². The Labute approximate surface area is 192 Å². The molecule has 0 radical (unpaired) electrons. The number of hydrogen-bond donors (Lipinski definition) is 3. The van der Waals surface area contributed by atoms with E-state index in [-0.39, 0.29) is 16.3 Å². The number of anilines is 2. The van der Waals surface area contributed by atoms with Gasteiger partial charge in [0.15, 0.2) is 16.6 Å². The Balaban J connectivity index is 1.64. The first-order valence-electron chi connectivity index (χ1n) is 9.36. The highest BCUT2D eigenvalue weighted by Crippen LogP contribution is 2.32. The molecule has 1 amide bonds. The highest BCUT2D eigenvalue weighted by molar-refractivity contribution is 7.89. The molecule has 0 aliphatic carbocycles. The molecule has 0 saturated carbocycles. The van der Waals surface area contributed by atoms with Crippen molar-refractivity contribution in [3.63, 3.8) is 0 Å². The van der Waals surface area contributed by atoms with Crippen LogP contribution in [0.1, 0.15) is 4.88 Å². The third kappa shape index (κ3) is 4.72. The number of benzene rings is 2. The molecule has 0 fully saturated rings. The molecule has 4 N–H and O–H groups in total. The fraction of sp³-hybridized carbons (Fsp3) is 0.0952. The number of carbonyl (C=O) groups excluding carboxylic acids is 1. The van der Waals surface area contributed by atoms with Gasteiger partial charge in [0.25, 0.3) is 5.91 Å². The summed E-state index contributed by atoms with van der Waals surface area (Å²) in [6.07, 6.45) is 3.14. The summed E-state index contributed by atoms with van der Waals surface area (Å²) in [5.74, 6) is 0.213. The number of hydrogen-bond acceptors (Lipinski definition) is 9. The number of amides is 1. The Morgan fingerprint density at radius 2 is 1.79 bits per heavy atom. The molecule has 0 spiro atoms. The van der Waals surface area contributed by atoms with Crippen LogP contribution in [0.3, 0.4) is 0 Å². The van der Waals surface area contributed by atoms with Crippen LogP contribution in [0.4, 0.5) is 10.8 Å². The van der Waals surface area contributed by atoms with Gasteiger partial charge in [-0.05, 0) is 42.5 Å². The number of nitrogens with zero attached hydrogens (tertiary/aromatic N) is 2. The van der Waals surface area contributed by atoms with Crippen molar-refractivity contribution in [2.24, 2.45) is 10.1 Å². The molecule has 10 nitrogen and oxygen atoms in total. The maximum atomic E-state index is 12.5. The van der Waals surface area contributed by atoms with Crippen molar-refractivity contribution >= 4 is 50.2 Å². The van der Waals surface area contributed by atoms with Gasteiger partial charge in [-0.15, -0.1) is 0 Å². The van der Waals surface area contributed by atoms with Crippen LogP contribution in [0.5, 0.6) is 17.4 Å². The van der Waals surface area contributed by atoms with Gasteiger partial charge >= 0.3 is 0 Å². The lowest BCUT2D eigenvalue weighted by Crippen LogP contribution is -2.30. The fourth-order valence-corrected chi connectivity index (χ4v) is 4.41. The van der Waals surface area contributed by atoms with Gasteiger partial charge in [0.05, 0.1) is 29.3 Å². The first kappa shape index (κ1) is 22.5. The third-order valence-corrected chi connectivity index (χ3v) is 6.50. The third-order valence-electron chi connectivity index (χ3n) is 4.67. The standard InChI is InChI=1S/C21H18N4O6S2/c1-30-16-8-11-7-12(19(26)24-15(11)10-17(16)31-2)9-18-20(27)25-21(32-18)23-13-3-5-14(6-4-13)33(22,28)29/h3-10,27H,1-2H3,(H,23,25)(H2,22,28,29)/b12-9-. The number of nitrogens with two attached hydrogens (primary N) is 1. The zero-order valence-corrected chi connectivity index (χ0v) is 19.0. The Morgan fingerprint density at radius 3 is 2.42 bits per heavy atom. The quantitative estimate of drug-likeness (QED) is 0.441. The number of primary sulfonamides is 1. The summed E-state index contributed by atoms with van der Waals surface area (Å²) in [5, 5.41) is 19.8. The normalized spacial score (nSPS) is 14.3. The second-order valence-electron chi connectivity index (χ2n) is 6.83. The molecular formula is C21H18N4O6S2. The van der Waals surface area contributed by atoms with E-state index in [4.69, 9.17) is 14.6 Å². The second kappa shape index (κ2) is 8.65. The molecule has 2 heterocycles. The lowest BCUT2D eigenvalue weighted by Gasteiger charge is -2.09. The van der Waals surface area contributed by atoms with Crippen molar-refractivity contribution in [3.8, 4) is 17.4 Å². The van der Waals surface area contributed by atoms with Gasteiger partial charge in [0.1, 0.15) is 0 Å².